The van der Waals surface area contributed by atoms with Crippen molar-refractivity contribution in [2.24, 2.45) is 5.73 Å². The number of carboxylic acids is 1. The summed E-state index contributed by atoms with van der Waals surface area (Å²) >= 11 is 0. The quantitative estimate of drug-likeness (QED) is 0.143. The monoisotopic (exact) mass is 465 g/mol. The molecule has 1 fully saturated rings. The lowest BCUT2D eigenvalue weighted by molar-refractivity contribution is -0.142. The summed E-state index contributed by atoms with van der Waals surface area (Å²) in [4.78, 5) is 58.1. The third-order valence-electron chi connectivity index (χ3n) is 4.31. The maximum Gasteiger partial charge on any atom is 0.405 e. The smallest absolute Gasteiger partial charge is 0.405 e. The Morgan fingerprint density at radius 1 is 1.48 bits per heavy atom. The van der Waals surface area contributed by atoms with Gasteiger partial charge in [-0.1, -0.05) is 0 Å². The topological polar surface area (TPSA) is 235 Å². The minimum atomic E-state index is -4.78. The summed E-state index contributed by atoms with van der Waals surface area (Å²) in [7, 11) is -4.78. The minimum Gasteiger partial charge on any atom is -0.479 e. The van der Waals surface area contributed by atoms with Crippen LogP contribution in [-0.2, 0) is 23.4 Å². The van der Waals surface area contributed by atoms with Gasteiger partial charge in [0.15, 0.2) is 6.17 Å². The fourth-order valence-electron chi connectivity index (χ4n) is 2.63. The highest BCUT2D eigenvalue weighted by molar-refractivity contribution is 7.50. The number of aromatic amines is 1. The van der Waals surface area contributed by atoms with Crippen molar-refractivity contribution in [3.8, 4) is 0 Å². The predicted octanol–water partition coefficient (Wildman–Crippen LogP) is -2.93. The zero-order valence-electron chi connectivity index (χ0n) is 16.5. The largest absolute Gasteiger partial charge is 0.479 e. The number of nitrogens with one attached hydrogen (secondary N) is 3. The predicted molar refractivity (Wildman–Crippen MR) is 103 cm³/mol. The van der Waals surface area contributed by atoms with E-state index >= 15 is 0 Å². The second kappa shape index (κ2) is 9.82. The highest BCUT2D eigenvalue weighted by Crippen LogP contribution is 2.39. The molecule has 1 amide bonds. The maximum absolute atomic E-state index is 12.2. The molecule has 16 heteroatoms. The second-order valence-corrected chi connectivity index (χ2v) is 8.48. The number of H-pyrrole nitrogens is 1. The summed E-state index contributed by atoms with van der Waals surface area (Å²) in [5.41, 5.74) is 4.20. The van der Waals surface area contributed by atoms with E-state index < -0.39 is 68.1 Å². The summed E-state index contributed by atoms with van der Waals surface area (Å²) in [6, 6.07) is -1.07. The number of aromatic nitrogens is 2. The summed E-state index contributed by atoms with van der Waals surface area (Å²) in [5.74, 6) is -2.56. The van der Waals surface area contributed by atoms with Gasteiger partial charge in [0.2, 0.25) is 5.91 Å². The number of aliphatic hydroxyl groups excluding tert-OH is 1. The first-order valence-electron chi connectivity index (χ1n) is 9.00. The Hall–Kier alpha value is -2.39. The molecule has 2 rings (SSSR count). The Kier molecular flexibility index (Phi) is 7.88. The van der Waals surface area contributed by atoms with Gasteiger partial charge in [0.05, 0.1) is 18.8 Å². The van der Waals surface area contributed by atoms with Crippen LogP contribution in [0.3, 0.4) is 0 Å². The lowest BCUT2D eigenvalue weighted by Crippen LogP contribution is -2.53. The first kappa shape index (κ1) is 24.9. The zero-order chi connectivity index (χ0) is 23.5. The van der Waals surface area contributed by atoms with Crippen LogP contribution in [0.4, 0.5) is 0 Å². The van der Waals surface area contributed by atoms with E-state index in [1.165, 1.54) is 20.0 Å². The second-order valence-electron chi connectivity index (χ2n) is 6.92. The Labute approximate surface area is 174 Å². The van der Waals surface area contributed by atoms with Crippen LogP contribution in [0, 0.1) is 6.92 Å². The van der Waals surface area contributed by atoms with E-state index in [1.807, 2.05) is 5.32 Å². The molecular weight excluding hydrogens is 441 g/mol. The number of nitrogens with zero attached hydrogens (tertiary/aromatic N) is 1. The molecule has 1 aromatic rings. The molecule has 1 aromatic heterocycles. The molecule has 0 aromatic carbocycles. The van der Waals surface area contributed by atoms with E-state index in [0.717, 1.165) is 4.57 Å². The fourth-order valence-corrected chi connectivity index (χ4v) is 3.56. The van der Waals surface area contributed by atoms with Crippen LogP contribution >= 0.6 is 7.75 Å². The molecule has 2 heterocycles. The van der Waals surface area contributed by atoms with Crippen molar-refractivity contribution in [2.75, 3.05) is 6.61 Å². The van der Waals surface area contributed by atoms with Crippen LogP contribution in [0.2, 0.25) is 0 Å². The molecule has 0 saturated carbocycles. The van der Waals surface area contributed by atoms with Crippen LogP contribution in [-0.4, -0.2) is 67.6 Å². The number of hydrogen-bond donors (Lipinski definition) is 7. The molecule has 0 aliphatic carbocycles. The van der Waals surface area contributed by atoms with E-state index in [-0.39, 0.29) is 12.0 Å². The lowest BCUT2D eigenvalue weighted by Gasteiger charge is -2.22. The molecule has 15 nitrogen and oxygen atoms in total. The first-order chi connectivity index (χ1) is 14.3. The van der Waals surface area contributed by atoms with E-state index in [4.69, 9.17) is 20.1 Å². The average Bonchev–Trinajstić information content (AvgIpc) is 3.02. The number of aliphatic hydroxyl groups is 1. The van der Waals surface area contributed by atoms with Crippen LogP contribution in [0.15, 0.2) is 15.8 Å². The number of ether oxygens (including phenoxy) is 1. The van der Waals surface area contributed by atoms with E-state index in [0.29, 0.717) is 0 Å². The van der Waals surface area contributed by atoms with Gasteiger partial charge in [-0.2, -0.15) is 5.09 Å². The van der Waals surface area contributed by atoms with Gasteiger partial charge >= 0.3 is 19.4 Å². The van der Waals surface area contributed by atoms with Gasteiger partial charge in [0.1, 0.15) is 12.3 Å². The Morgan fingerprint density at radius 2 is 2.13 bits per heavy atom. The van der Waals surface area contributed by atoms with Gasteiger partial charge in [-0.3, -0.25) is 23.7 Å². The summed E-state index contributed by atoms with van der Waals surface area (Å²) in [5, 5.41) is 22.9. The van der Waals surface area contributed by atoms with E-state index in [2.05, 4.69) is 4.98 Å². The maximum atomic E-state index is 12.2. The van der Waals surface area contributed by atoms with Crippen molar-refractivity contribution in [1.82, 2.24) is 20.0 Å². The van der Waals surface area contributed by atoms with Crippen LogP contribution in [0.5, 0.6) is 0 Å². The fraction of sp³-hybridized carbons (Fsp3) is 0.600. The number of hydrogen-bond acceptors (Lipinski definition) is 9. The molecule has 174 valence electrons. The molecule has 0 radical (unpaired) electrons. The Bertz CT molecular complexity index is 991. The van der Waals surface area contributed by atoms with Crippen LogP contribution in [0.25, 0.3) is 0 Å². The molecule has 1 aliphatic heterocycles. The van der Waals surface area contributed by atoms with Gasteiger partial charge in [0.25, 0.3) is 5.56 Å². The Morgan fingerprint density at radius 3 is 2.71 bits per heavy atom. The van der Waals surface area contributed by atoms with Crippen LogP contribution < -0.4 is 27.4 Å². The standard InChI is InChI=1S/C15H24N5O10P/c1-6-4-20(15(26)18-12(6)22)10-3-8(21)9(30-10)5-29-31(27,28)19-11(14(24)25)17-13(23)7(2)16/h4,7-11,21H,3,5,16H2,1-2H3,(H,17,23)(H,24,25)(H,18,22,26)(H2,19,27,28)/t7-,8-,9+,10+,11+/m0/s1. The van der Waals surface area contributed by atoms with Crippen molar-refractivity contribution < 1.29 is 38.5 Å². The number of aryl methyl sites for hydroxylation is 1. The third kappa shape index (κ3) is 6.54. The van der Waals surface area contributed by atoms with Gasteiger partial charge in [0, 0.05) is 18.2 Å². The van der Waals surface area contributed by atoms with Gasteiger partial charge in [-0.05, 0) is 13.8 Å². The summed E-state index contributed by atoms with van der Waals surface area (Å²) in [6.45, 7) is 2.11. The number of carbonyl (C=O) groups excluding carboxylic acids is 1. The molecule has 6 atom stereocenters. The number of rotatable bonds is 9. The van der Waals surface area contributed by atoms with Crippen molar-refractivity contribution in [1.29, 1.82) is 0 Å². The van der Waals surface area contributed by atoms with Crippen molar-refractivity contribution >= 4 is 19.6 Å². The number of amides is 1. The minimum absolute atomic E-state index is 0.0786. The van der Waals surface area contributed by atoms with Crippen molar-refractivity contribution in [3.05, 3.63) is 32.6 Å². The molecule has 0 spiro atoms. The molecule has 1 unspecified atom stereocenters. The number of carboxylic acid groups (broad SMARTS) is 1. The average molecular weight is 465 g/mol. The van der Waals surface area contributed by atoms with Crippen LogP contribution in [0.1, 0.15) is 25.1 Å². The molecule has 31 heavy (non-hydrogen) atoms. The lowest BCUT2D eigenvalue weighted by atomic mass is 10.2. The molecule has 0 bridgehead atoms. The zero-order valence-corrected chi connectivity index (χ0v) is 17.4. The highest BCUT2D eigenvalue weighted by atomic mass is 31.2. The summed E-state index contributed by atoms with van der Waals surface area (Å²) < 4.78 is 23.5. The van der Waals surface area contributed by atoms with E-state index in [1.54, 1.807) is 5.09 Å². The molecule has 8 N–H and O–H groups in total. The Balaban J connectivity index is 2.01. The number of aliphatic carboxylic acids is 1. The molecular formula is C15H24N5O10P. The molecule has 1 saturated heterocycles. The number of nitrogens with two attached hydrogens (primary N) is 1. The van der Waals surface area contributed by atoms with Gasteiger partial charge in [-0.15, -0.1) is 0 Å². The van der Waals surface area contributed by atoms with Crippen molar-refractivity contribution in [2.45, 2.75) is 50.9 Å². The normalized spacial score (nSPS) is 24.9. The first-order valence-corrected chi connectivity index (χ1v) is 10.6. The SMILES string of the molecule is Cc1cn([C@H]2C[C@H](O)[C@@H](COP(=O)(O)N[C@@H](NC(=O)[C@H](C)N)C(=O)O)O2)c(=O)[nH]c1=O. The van der Waals surface area contributed by atoms with Gasteiger partial charge < -0.3 is 30.9 Å². The highest BCUT2D eigenvalue weighted by Gasteiger charge is 2.38. The van der Waals surface area contributed by atoms with Gasteiger partial charge in [-0.25, -0.2) is 14.2 Å². The van der Waals surface area contributed by atoms with E-state index in [9.17, 15) is 33.7 Å². The third-order valence-corrected chi connectivity index (χ3v) is 5.40. The number of carbonyl (C=O) groups is 2. The van der Waals surface area contributed by atoms with Crippen molar-refractivity contribution in [3.63, 3.8) is 0 Å². The summed E-state index contributed by atoms with van der Waals surface area (Å²) in [6.07, 6.45) is -4.12. The molecule has 1 aliphatic rings.